The van der Waals surface area contributed by atoms with Crippen LogP contribution in [0.2, 0.25) is 10.0 Å². The van der Waals surface area contributed by atoms with E-state index in [-0.39, 0.29) is 6.42 Å². The van der Waals surface area contributed by atoms with Crippen LogP contribution >= 0.6 is 23.2 Å². The van der Waals surface area contributed by atoms with E-state index in [0.717, 1.165) is 51.3 Å². The number of unbranched alkanes of at least 4 members (excludes halogenated alkanes) is 1. The van der Waals surface area contributed by atoms with Gasteiger partial charge in [-0.05, 0) is 37.6 Å². The van der Waals surface area contributed by atoms with Crippen molar-refractivity contribution in [3.8, 4) is 5.75 Å². The van der Waals surface area contributed by atoms with Crippen molar-refractivity contribution in [3.05, 3.63) is 52.0 Å². The maximum Gasteiger partial charge on any atom is 0.231 e. The summed E-state index contributed by atoms with van der Waals surface area (Å²) >= 11 is 12.5. The molecule has 5 rings (SSSR count). The molecule has 5 nitrogen and oxygen atoms in total. The van der Waals surface area contributed by atoms with Crippen molar-refractivity contribution in [2.45, 2.75) is 24.9 Å². The number of benzene rings is 2. The average Bonchev–Trinajstić information content (AvgIpc) is 3.40. The molecule has 3 aliphatic rings. The number of nitrogens with one attached hydrogen (secondary N) is 1. The second-order valence-electron chi connectivity index (χ2n) is 8.58. The normalized spacial score (nSPS) is 27.3. The molecule has 2 atom stereocenters. The van der Waals surface area contributed by atoms with Gasteiger partial charge in [0.25, 0.3) is 0 Å². The number of alkyl halides is 1. The van der Waals surface area contributed by atoms with Crippen LogP contribution in [-0.4, -0.2) is 50.1 Å². The molecule has 0 bridgehead atoms. The van der Waals surface area contributed by atoms with Crippen LogP contribution in [0.3, 0.4) is 0 Å². The molecule has 1 N–H and O–H groups in total. The number of anilines is 2. The minimum Gasteiger partial charge on any atom is -0.494 e. The van der Waals surface area contributed by atoms with Gasteiger partial charge in [-0.15, -0.1) is 0 Å². The summed E-state index contributed by atoms with van der Waals surface area (Å²) in [5.74, 6) is -1.65. The summed E-state index contributed by atoms with van der Waals surface area (Å²) in [5, 5.41) is 3.85. The molecule has 170 valence electrons. The number of carbonyl (C=O) groups excluding carboxylic acids is 1. The van der Waals surface area contributed by atoms with Gasteiger partial charge in [-0.1, -0.05) is 35.3 Å². The van der Waals surface area contributed by atoms with Gasteiger partial charge in [0.05, 0.1) is 33.9 Å². The summed E-state index contributed by atoms with van der Waals surface area (Å²) in [6.45, 7) is 5.30. The molecule has 2 aliphatic heterocycles. The van der Waals surface area contributed by atoms with E-state index in [9.17, 15) is 9.18 Å². The predicted octanol–water partition coefficient (Wildman–Crippen LogP) is 5.11. The summed E-state index contributed by atoms with van der Waals surface area (Å²) in [6, 6.07) is 10.7. The van der Waals surface area contributed by atoms with Gasteiger partial charge < -0.3 is 15.0 Å². The summed E-state index contributed by atoms with van der Waals surface area (Å²) in [4.78, 5) is 16.7. The number of rotatable bonds is 7. The number of carbonyl (C=O) groups is 1. The van der Waals surface area contributed by atoms with Gasteiger partial charge in [0.2, 0.25) is 5.91 Å². The summed E-state index contributed by atoms with van der Waals surface area (Å²) in [5.41, 5.74) is -0.0846. The van der Waals surface area contributed by atoms with Gasteiger partial charge in [-0.2, -0.15) is 0 Å². The quantitative estimate of drug-likeness (QED) is 0.561. The fourth-order valence-corrected chi connectivity index (χ4v) is 4.97. The zero-order valence-electron chi connectivity index (χ0n) is 18.7. The monoisotopic (exact) mass is 478 g/mol. The van der Waals surface area contributed by atoms with Crippen LogP contribution < -0.4 is 15.0 Å². The van der Waals surface area contributed by atoms with Crippen molar-refractivity contribution in [1.82, 2.24) is 4.90 Å². The number of hydrogen-bond acceptors (Lipinski definition) is 4. The highest BCUT2D eigenvalue weighted by Gasteiger charge is 2.64. The second-order valence-corrected chi connectivity index (χ2v) is 9.36. The molecule has 2 unspecified atom stereocenters. The Morgan fingerprint density at radius 3 is 2.81 bits per heavy atom. The van der Waals surface area contributed by atoms with Gasteiger partial charge in [0.15, 0.2) is 5.67 Å². The molecular weight excluding hydrogens is 452 g/mol. The van der Waals surface area contributed by atoms with Crippen LogP contribution in [0.4, 0.5) is 15.8 Å². The molecule has 2 fully saturated rings. The minimum atomic E-state index is -1.87. The first-order chi connectivity index (χ1) is 15.8. The van der Waals surface area contributed by atoms with Gasteiger partial charge in [-0.3, -0.25) is 9.69 Å². The predicted molar refractivity (Wildman–Crippen MR) is 126 cm³/mol. The first kappa shape index (κ1) is 20.6. The van der Waals surface area contributed by atoms with Crippen molar-refractivity contribution >= 4 is 40.5 Å². The Morgan fingerprint density at radius 1 is 1.19 bits per heavy atom. The third kappa shape index (κ3) is 4.16. The molecule has 2 heterocycles. The number of nitrogens with zero attached hydrogens (tertiary/aromatic N) is 2. The first-order valence-electron chi connectivity index (χ1n) is 11.5. The van der Waals surface area contributed by atoms with E-state index in [1.165, 1.54) is 0 Å². The largest absolute Gasteiger partial charge is 0.494 e. The standard InChI is InChI=1S/C24H26Cl2FN3O2/c25-19-4-3-5-21(22(19)26)30-11-9-29(10-12-30)8-1-2-13-32-16-6-7-17-20(14-16)28-23(31)18-15-24(17,18)27/h3-7,14,18H,1-2,8-13,15H2,(H,28,31)/i18D. The molecule has 0 aromatic heterocycles. The second kappa shape index (κ2) is 8.73. The van der Waals surface area contributed by atoms with Crippen LogP contribution in [-0.2, 0) is 10.5 Å². The molecule has 32 heavy (non-hydrogen) atoms. The van der Waals surface area contributed by atoms with Crippen LogP contribution in [0.25, 0.3) is 0 Å². The Balaban J connectivity index is 1.05. The molecule has 0 radical (unpaired) electrons. The van der Waals surface area contributed by atoms with Gasteiger partial charge in [-0.25, -0.2) is 4.39 Å². The number of halogens is 3. The molecule has 2 aromatic carbocycles. The zero-order valence-corrected chi connectivity index (χ0v) is 19.2. The molecular formula is C24H26Cl2FN3O2. The third-order valence-electron chi connectivity index (χ3n) is 6.50. The van der Waals surface area contributed by atoms with Crippen LogP contribution in [0.1, 0.15) is 26.2 Å². The van der Waals surface area contributed by atoms with Gasteiger partial charge in [0, 0.05) is 45.6 Å². The van der Waals surface area contributed by atoms with E-state index in [2.05, 4.69) is 15.1 Å². The molecule has 1 aliphatic carbocycles. The van der Waals surface area contributed by atoms with E-state index in [4.69, 9.17) is 29.3 Å². The van der Waals surface area contributed by atoms with Crippen molar-refractivity contribution in [2.24, 2.45) is 5.89 Å². The molecule has 1 saturated heterocycles. The lowest BCUT2D eigenvalue weighted by Crippen LogP contribution is -2.46. The molecule has 8 heteroatoms. The van der Waals surface area contributed by atoms with E-state index in [1.54, 1.807) is 24.3 Å². The molecule has 0 spiro atoms. The zero-order chi connectivity index (χ0) is 23.2. The molecule has 1 saturated carbocycles. The average molecular weight is 479 g/mol. The highest BCUT2D eigenvalue weighted by molar-refractivity contribution is 6.43. The molecule has 1 amide bonds. The lowest BCUT2D eigenvalue weighted by molar-refractivity contribution is -0.118. The van der Waals surface area contributed by atoms with Gasteiger partial charge in [0.1, 0.15) is 5.75 Å². The fraction of sp³-hybridized carbons (Fsp3) is 0.458. The smallest absolute Gasteiger partial charge is 0.231 e. The Labute approximate surface area is 198 Å². The summed E-state index contributed by atoms with van der Waals surface area (Å²) < 4.78 is 28.7. The topological polar surface area (TPSA) is 44.8 Å². The Bertz CT molecular complexity index is 1080. The lowest BCUT2D eigenvalue weighted by Gasteiger charge is -2.36. The Kier molecular flexibility index (Phi) is 5.61. The third-order valence-corrected chi connectivity index (χ3v) is 7.30. The Morgan fingerprint density at radius 2 is 2.00 bits per heavy atom. The highest BCUT2D eigenvalue weighted by atomic mass is 35.5. The number of ether oxygens (including phenoxy) is 1. The number of hydrogen-bond donors (Lipinski definition) is 1. The van der Waals surface area contributed by atoms with E-state index >= 15 is 0 Å². The van der Waals surface area contributed by atoms with Crippen molar-refractivity contribution in [1.29, 1.82) is 0 Å². The lowest BCUT2D eigenvalue weighted by atomic mass is 10.0. The first-order valence-corrected chi connectivity index (χ1v) is 11.8. The highest BCUT2D eigenvalue weighted by Crippen LogP contribution is 2.60. The SMILES string of the molecule is [2H]C12CC1(F)c1ccc(OCCCCN3CCN(c4cccc(Cl)c4Cl)CC3)cc1NC2=O. The van der Waals surface area contributed by atoms with Crippen LogP contribution in [0.15, 0.2) is 36.4 Å². The maximum atomic E-state index is 14.9. The van der Waals surface area contributed by atoms with E-state index in [0.29, 0.717) is 33.7 Å². The summed E-state index contributed by atoms with van der Waals surface area (Å²) in [7, 11) is 0. The number of amides is 1. The van der Waals surface area contributed by atoms with E-state index < -0.39 is 17.5 Å². The van der Waals surface area contributed by atoms with Crippen molar-refractivity contribution < 1.29 is 15.3 Å². The summed E-state index contributed by atoms with van der Waals surface area (Å²) in [6.07, 6.45) is 1.82. The number of piperazine rings is 1. The molecule has 2 aromatic rings. The Hall–Kier alpha value is -2.02. The van der Waals surface area contributed by atoms with Gasteiger partial charge >= 0.3 is 0 Å². The van der Waals surface area contributed by atoms with Crippen LogP contribution in [0.5, 0.6) is 5.75 Å². The van der Waals surface area contributed by atoms with Crippen molar-refractivity contribution in [2.75, 3.05) is 49.5 Å². The fourth-order valence-electron chi connectivity index (χ4n) is 4.55. The van der Waals surface area contributed by atoms with Crippen molar-refractivity contribution in [3.63, 3.8) is 0 Å². The van der Waals surface area contributed by atoms with Crippen LogP contribution in [0, 0.1) is 5.89 Å². The maximum absolute atomic E-state index is 14.9. The minimum absolute atomic E-state index is 0.0839. The van der Waals surface area contributed by atoms with E-state index in [1.807, 2.05) is 12.1 Å². The number of fused-ring (bicyclic) bond motifs is 3.